The number of ether oxygens (including phenoxy) is 3. The average Bonchev–Trinajstić information content (AvgIpc) is 2.36. The molecule has 0 fully saturated rings. The highest BCUT2D eigenvalue weighted by Gasteiger charge is 2.02. The van der Waals surface area contributed by atoms with Gasteiger partial charge in [0.05, 0.1) is 24.3 Å². The van der Waals surface area contributed by atoms with Crippen LogP contribution in [0.25, 0.3) is 0 Å². The van der Waals surface area contributed by atoms with E-state index in [0.717, 1.165) is 16.8 Å². The lowest BCUT2D eigenvalue weighted by molar-refractivity contribution is 0.0543. The van der Waals surface area contributed by atoms with Gasteiger partial charge in [-0.1, -0.05) is 6.07 Å². The first-order chi connectivity index (χ1) is 8.77. The van der Waals surface area contributed by atoms with Crippen molar-refractivity contribution in [2.75, 3.05) is 40.6 Å². The van der Waals surface area contributed by atoms with Crippen LogP contribution in [0.15, 0.2) is 22.7 Å². The van der Waals surface area contributed by atoms with Crippen molar-refractivity contribution in [2.45, 2.75) is 6.54 Å². The van der Waals surface area contributed by atoms with Crippen LogP contribution in [0.2, 0.25) is 0 Å². The molecule has 0 unspecified atom stereocenters. The van der Waals surface area contributed by atoms with Crippen molar-refractivity contribution >= 4 is 15.9 Å². The maximum absolute atomic E-state index is 5.62. The first-order valence-corrected chi connectivity index (χ1v) is 6.69. The first kappa shape index (κ1) is 15.4. The van der Waals surface area contributed by atoms with Crippen LogP contribution < -0.4 is 10.1 Å². The predicted octanol–water partition coefficient (Wildman–Crippen LogP) is 2.21. The number of nitrogens with one attached hydrogen (secondary N) is 1. The van der Waals surface area contributed by atoms with E-state index in [9.17, 15) is 0 Å². The third-order valence-corrected chi connectivity index (χ3v) is 2.91. The molecule has 18 heavy (non-hydrogen) atoms. The Labute approximate surface area is 117 Å². The van der Waals surface area contributed by atoms with Crippen LogP contribution in [-0.2, 0) is 16.0 Å². The van der Waals surface area contributed by atoms with Crippen LogP contribution in [0.3, 0.4) is 0 Å². The summed E-state index contributed by atoms with van der Waals surface area (Å²) in [5.41, 5.74) is 1.22. The lowest BCUT2D eigenvalue weighted by Crippen LogP contribution is -2.10. The standard InChI is InChI=1S/C13H20BrNO3/c1-15-10-11-3-4-13(12(14)9-11)18-8-7-17-6-5-16-2/h3-4,9,15H,5-8,10H2,1-2H3. The number of methoxy groups -OCH3 is 1. The highest BCUT2D eigenvalue weighted by molar-refractivity contribution is 9.10. The predicted molar refractivity (Wildman–Crippen MR) is 75.1 cm³/mol. The average molecular weight is 318 g/mol. The number of hydrogen-bond donors (Lipinski definition) is 1. The minimum absolute atomic E-state index is 0.535. The first-order valence-electron chi connectivity index (χ1n) is 5.90. The molecule has 5 heteroatoms. The van der Waals surface area contributed by atoms with E-state index in [2.05, 4.69) is 27.3 Å². The summed E-state index contributed by atoms with van der Waals surface area (Å²) in [6.45, 7) is 3.16. The molecule has 1 aromatic rings. The van der Waals surface area contributed by atoms with Gasteiger partial charge in [-0.3, -0.25) is 0 Å². The lowest BCUT2D eigenvalue weighted by Gasteiger charge is -2.10. The quantitative estimate of drug-likeness (QED) is 0.709. The molecule has 0 aliphatic rings. The van der Waals surface area contributed by atoms with E-state index in [4.69, 9.17) is 14.2 Å². The molecule has 102 valence electrons. The van der Waals surface area contributed by atoms with Crippen molar-refractivity contribution < 1.29 is 14.2 Å². The molecule has 0 bridgehead atoms. The topological polar surface area (TPSA) is 39.7 Å². The van der Waals surface area contributed by atoms with E-state index in [1.54, 1.807) is 7.11 Å². The van der Waals surface area contributed by atoms with Gasteiger partial charge >= 0.3 is 0 Å². The summed E-state index contributed by atoms with van der Waals surface area (Å²) in [7, 11) is 3.58. The highest BCUT2D eigenvalue weighted by atomic mass is 79.9. The smallest absolute Gasteiger partial charge is 0.133 e. The number of hydrogen-bond acceptors (Lipinski definition) is 4. The van der Waals surface area contributed by atoms with E-state index >= 15 is 0 Å². The van der Waals surface area contributed by atoms with Crippen LogP contribution >= 0.6 is 15.9 Å². The second kappa shape index (κ2) is 9.33. The number of halogens is 1. The summed E-state index contributed by atoms with van der Waals surface area (Å²) in [6, 6.07) is 6.06. The second-order valence-corrected chi connectivity index (χ2v) is 4.60. The molecular formula is C13H20BrNO3. The Kier molecular flexibility index (Phi) is 8.00. The normalized spacial score (nSPS) is 10.6. The molecule has 0 saturated carbocycles. The molecule has 0 heterocycles. The maximum Gasteiger partial charge on any atom is 0.133 e. The van der Waals surface area contributed by atoms with E-state index in [1.807, 2.05) is 19.2 Å². The van der Waals surface area contributed by atoms with Crippen LogP contribution in [0.5, 0.6) is 5.75 Å². The Hall–Kier alpha value is -0.620. The Morgan fingerprint density at radius 2 is 1.94 bits per heavy atom. The molecule has 0 atom stereocenters. The molecule has 1 rings (SSSR count). The zero-order chi connectivity index (χ0) is 13.2. The number of benzene rings is 1. The van der Waals surface area contributed by atoms with Gasteiger partial charge < -0.3 is 19.5 Å². The molecule has 0 spiro atoms. The third kappa shape index (κ3) is 5.82. The molecule has 0 amide bonds. The van der Waals surface area contributed by atoms with Gasteiger partial charge in [-0.25, -0.2) is 0 Å². The fourth-order valence-electron chi connectivity index (χ4n) is 1.43. The highest BCUT2D eigenvalue weighted by Crippen LogP contribution is 2.25. The van der Waals surface area contributed by atoms with Gasteiger partial charge in [0.2, 0.25) is 0 Å². The molecule has 0 saturated heterocycles. The van der Waals surface area contributed by atoms with Crippen molar-refractivity contribution in [3.63, 3.8) is 0 Å². The SMILES string of the molecule is CNCc1ccc(OCCOCCOC)c(Br)c1. The zero-order valence-electron chi connectivity index (χ0n) is 10.9. The van der Waals surface area contributed by atoms with Gasteiger partial charge in [-0.15, -0.1) is 0 Å². The van der Waals surface area contributed by atoms with E-state index in [0.29, 0.717) is 26.4 Å². The minimum atomic E-state index is 0.535. The molecular weight excluding hydrogens is 298 g/mol. The Morgan fingerprint density at radius 1 is 1.17 bits per heavy atom. The van der Waals surface area contributed by atoms with Gasteiger partial charge in [0.1, 0.15) is 12.4 Å². The summed E-state index contributed by atoms with van der Waals surface area (Å²) < 4.78 is 16.8. The van der Waals surface area contributed by atoms with Crippen LogP contribution in [0.4, 0.5) is 0 Å². The van der Waals surface area contributed by atoms with Crippen molar-refractivity contribution in [1.29, 1.82) is 0 Å². The third-order valence-electron chi connectivity index (χ3n) is 2.29. The molecule has 4 nitrogen and oxygen atoms in total. The lowest BCUT2D eigenvalue weighted by atomic mass is 10.2. The van der Waals surface area contributed by atoms with E-state index in [1.165, 1.54) is 5.56 Å². The Morgan fingerprint density at radius 3 is 2.61 bits per heavy atom. The van der Waals surface area contributed by atoms with Gasteiger partial charge in [-0.05, 0) is 40.7 Å². The summed E-state index contributed by atoms with van der Waals surface area (Å²) in [4.78, 5) is 0. The molecule has 1 aromatic carbocycles. The van der Waals surface area contributed by atoms with Crippen molar-refractivity contribution in [3.8, 4) is 5.75 Å². The van der Waals surface area contributed by atoms with Crippen LogP contribution in [0.1, 0.15) is 5.56 Å². The molecule has 1 N–H and O–H groups in total. The molecule has 0 aromatic heterocycles. The number of rotatable bonds is 9. The van der Waals surface area contributed by atoms with Gasteiger partial charge in [0, 0.05) is 13.7 Å². The van der Waals surface area contributed by atoms with E-state index < -0.39 is 0 Å². The minimum Gasteiger partial charge on any atom is -0.490 e. The molecule has 0 radical (unpaired) electrons. The fourth-order valence-corrected chi connectivity index (χ4v) is 1.97. The Balaban J connectivity index is 2.29. The van der Waals surface area contributed by atoms with Crippen LogP contribution in [0, 0.1) is 0 Å². The molecule has 0 aliphatic carbocycles. The fraction of sp³-hybridized carbons (Fsp3) is 0.538. The zero-order valence-corrected chi connectivity index (χ0v) is 12.5. The van der Waals surface area contributed by atoms with Gasteiger partial charge in [0.25, 0.3) is 0 Å². The second-order valence-electron chi connectivity index (χ2n) is 3.75. The van der Waals surface area contributed by atoms with Crippen molar-refractivity contribution in [2.24, 2.45) is 0 Å². The Bertz CT molecular complexity index is 347. The van der Waals surface area contributed by atoms with Crippen molar-refractivity contribution in [1.82, 2.24) is 5.32 Å². The van der Waals surface area contributed by atoms with Crippen LogP contribution in [-0.4, -0.2) is 40.6 Å². The summed E-state index contributed by atoms with van der Waals surface area (Å²) in [5, 5.41) is 3.11. The summed E-state index contributed by atoms with van der Waals surface area (Å²) in [6.07, 6.45) is 0. The monoisotopic (exact) mass is 317 g/mol. The van der Waals surface area contributed by atoms with Gasteiger partial charge in [0.15, 0.2) is 0 Å². The maximum atomic E-state index is 5.62. The van der Waals surface area contributed by atoms with E-state index in [-0.39, 0.29) is 0 Å². The van der Waals surface area contributed by atoms with Gasteiger partial charge in [-0.2, -0.15) is 0 Å². The largest absolute Gasteiger partial charge is 0.490 e. The van der Waals surface area contributed by atoms with Crippen molar-refractivity contribution in [3.05, 3.63) is 28.2 Å². The molecule has 0 aliphatic heterocycles. The summed E-state index contributed by atoms with van der Waals surface area (Å²) >= 11 is 3.50. The summed E-state index contributed by atoms with van der Waals surface area (Å²) in [5.74, 6) is 0.838.